The molecule has 4 aliphatic rings. The average Bonchev–Trinajstić information content (AvgIpc) is 3.02. The lowest BCUT2D eigenvalue weighted by molar-refractivity contribution is -0.114. The van der Waals surface area contributed by atoms with Gasteiger partial charge in [-0.05, 0) is 110 Å². The van der Waals surface area contributed by atoms with E-state index in [1.165, 1.54) is 25.7 Å². The van der Waals surface area contributed by atoms with Crippen molar-refractivity contribution < 1.29 is 0 Å². The molecule has 1 unspecified atom stereocenters. The lowest BCUT2D eigenvalue weighted by Gasteiger charge is -2.61. The molecule has 0 aliphatic heterocycles. The zero-order chi connectivity index (χ0) is 20.1. The summed E-state index contributed by atoms with van der Waals surface area (Å²) < 4.78 is 0. The van der Waals surface area contributed by atoms with Crippen LogP contribution in [0.25, 0.3) is 0 Å². The van der Waals surface area contributed by atoms with Crippen molar-refractivity contribution in [3.05, 3.63) is 0 Å². The molecule has 0 heterocycles. The van der Waals surface area contributed by atoms with E-state index in [-0.39, 0.29) is 0 Å². The predicted octanol–water partition coefficient (Wildman–Crippen LogP) is 8.74. The largest absolute Gasteiger partial charge is 0.0625 e. The van der Waals surface area contributed by atoms with Gasteiger partial charge in [-0.25, -0.2) is 0 Å². The topological polar surface area (TPSA) is 0 Å². The lowest BCUT2D eigenvalue weighted by atomic mass is 9.44. The Hall–Kier alpha value is 0. The molecular weight excluding hydrogens is 336 g/mol. The van der Waals surface area contributed by atoms with Crippen molar-refractivity contribution in [3.63, 3.8) is 0 Å². The van der Waals surface area contributed by atoms with Crippen LogP contribution in [0.15, 0.2) is 0 Å². The molecule has 162 valence electrons. The van der Waals surface area contributed by atoms with E-state index in [2.05, 4.69) is 41.5 Å². The molecule has 0 heteroatoms. The highest BCUT2D eigenvalue weighted by Crippen LogP contribution is 2.68. The van der Waals surface area contributed by atoms with Crippen molar-refractivity contribution >= 4 is 0 Å². The van der Waals surface area contributed by atoms with Crippen LogP contribution in [0.1, 0.15) is 119 Å². The molecule has 0 aromatic rings. The second-order valence-electron chi connectivity index (χ2n) is 12.9. The Morgan fingerprint density at radius 1 is 0.714 bits per heavy atom. The van der Waals surface area contributed by atoms with E-state index in [0.29, 0.717) is 10.8 Å². The number of hydrogen-bond acceptors (Lipinski definition) is 0. The van der Waals surface area contributed by atoms with Crippen molar-refractivity contribution in [2.24, 2.45) is 58.2 Å². The van der Waals surface area contributed by atoms with E-state index >= 15 is 0 Å². The minimum Gasteiger partial charge on any atom is -0.0625 e. The zero-order valence-corrected chi connectivity index (χ0v) is 20.1. The van der Waals surface area contributed by atoms with Crippen molar-refractivity contribution in [3.8, 4) is 0 Å². The highest BCUT2D eigenvalue weighted by molar-refractivity contribution is 5.09. The zero-order valence-electron chi connectivity index (χ0n) is 20.1. The molecule has 0 spiro atoms. The second kappa shape index (κ2) is 7.92. The van der Waals surface area contributed by atoms with Gasteiger partial charge in [-0.3, -0.25) is 0 Å². The van der Waals surface area contributed by atoms with Gasteiger partial charge in [-0.1, -0.05) is 67.2 Å². The van der Waals surface area contributed by atoms with Crippen LogP contribution in [0.3, 0.4) is 0 Å². The van der Waals surface area contributed by atoms with E-state index < -0.39 is 0 Å². The molecule has 28 heavy (non-hydrogen) atoms. The number of fused-ring (bicyclic) bond motifs is 5. The maximum absolute atomic E-state index is 2.75. The van der Waals surface area contributed by atoms with Gasteiger partial charge in [-0.15, -0.1) is 0 Å². The standard InChI is InChI=1S/C28H50/c1-19(2)20(3)10-11-21(4)24-14-15-25-23-13-12-22-9-7-8-17-27(22,5)26(23)16-18-28(24,25)6/h19-26H,7-18H2,1-6H3/t20-,21-,22?,23-,24+,25-,26-,27-,28+/m0/s1. The molecule has 0 aromatic heterocycles. The summed E-state index contributed by atoms with van der Waals surface area (Å²) in [6, 6.07) is 0. The first kappa shape index (κ1) is 21.2. The van der Waals surface area contributed by atoms with Crippen LogP contribution in [0, 0.1) is 58.2 Å². The first-order valence-electron chi connectivity index (χ1n) is 13.3. The fraction of sp³-hybridized carbons (Fsp3) is 1.00. The summed E-state index contributed by atoms with van der Waals surface area (Å²) in [5.74, 6) is 7.96. The molecule has 0 aromatic carbocycles. The van der Waals surface area contributed by atoms with Crippen molar-refractivity contribution in [2.75, 3.05) is 0 Å². The molecule has 0 bridgehead atoms. The Morgan fingerprint density at radius 3 is 2.21 bits per heavy atom. The van der Waals surface area contributed by atoms with Crippen LogP contribution < -0.4 is 0 Å². The Balaban J connectivity index is 1.46. The molecule has 4 saturated carbocycles. The van der Waals surface area contributed by atoms with E-state index in [1.54, 1.807) is 51.4 Å². The van der Waals surface area contributed by atoms with Crippen LogP contribution in [0.2, 0.25) is 0 Å². The summed E-state index contributed by atoms with van der Waals surface area (Å²) in [4.78, 5) is 0. The van der Waals surface area contributed by atoms with Gasteiger partial charge in [0.15, 0.2) is 0 Å². The summed E-state index contributed by atoms with van der Waals surface area (Å²) >= 11 is 0. The quantitative estimate of drug-likeness (QED) is 0.443. The molecule has 0 nitrogen and oxygen atoms in total. The number of rotatable bonds is 5. The maximum Gasteiger partial charge on any atom is -0.0264 e. The molecule has 4 aliphatic carbocycles. The Labute approximate surface area is 177 Å². The third-order valence-electron chi connectivity index (χ3n) is 11.6. The molecule has 4 fully saturated rings. The monoisotopic (exact) mass is 386 g/mol. The van der Waals surface area contributed by atoms with Crippen LogP contribution in [-0.4, -0.2) is 0 Å². The van der Waals surface area contributed by atoms with Crippen molar-refractivity contribution in [2.45, 2.75) is 119 Å². The van der Waals surface area contributed by atoms with Gasteiger partial charge in [0.1, 0.15) is 0 Å². The summed E-state index contributed by atoms with van der Waals surface area (Å²) in [5, 5.41) is 0. The molecule has 0 N–H and O–H groups in total. The maximum atomic E-state index is 2.75. The van der Waals surface area contributed by atoms with Gasteiger partial charge in [0.05, 0.1) is 0 Å². The van der Waals surface area contributed by atoms with Gasteiger partial charge in [0, 0.05) is 0 Å². The van der Waals surface area contributed by atoms with Gasteiger partial charge in [0.25, 0.3) is 0 Å². The van der Waals surface area contributed by atoms with Gasteiger partial charge >= 0.3 is 0 Å². The Bertz CT molecular complexity index is 534. The Kier molecular flexibility index (Phi) is 6.01. The van der Waals surface area contributed by atoms with E-state index in [4.69, 9.17) is 0 Å². The van der Waals surface area contributed by atoms with E-state index in [9.17, 15) is 0 Å². The first-order chi connectivity index (χ1) is 13.3. The number of hydrogen-bond donors (Lipinski definition) is 0. The summed E-state index contributed by atoms with van der Waals surface area (Å²) in [6.07, 6.45) is 18.4. The van der Waals surface area contributed by atoms with E-state index in [1.807, 2.05) is 0 Å². The highest BCUT2D eigenvalue weighted by Gasteiger charge is 2.60. The molecule has 0 radical (unpaired) electrons. The lowest BCUT2D eigenvalue weighted by Crippen LogP contribution is -2.53. The van der Waals surface area contributed by atoms with Crippen molar-refractivity contribution in [1.82, 2.24) is 0 Å². The molecule has 4 rings (SSSR count). The predicted molar refractivity (Wildman–Crippen MR) is 122 cm³/mol. The minimum atomic E-state index is 0.666. The van der Waals surface area contributed by atoms with Crippen molar-refractivity contribution in [1.29, 1.82) is 0 Å². The SMILES string of the molecule is CC(C)[C@@H](C)CC[C@H](C)[C@H]1CC[C@H]2[C@@H]3CCC4CCCC[C@]4(C)[C@H]3CC[C@]12C. The van der Waals surface area contributed by atoms with Gasteiger partial charge in [-0.2, -0.15) is 0 Å². The Morgan fingerprint density at radius 2 is 1.46 bits per heavy atom. The second-order valence-corrected chi connectivity index (χ2v) is 12.9. The third kappa shape index (κ3) is 3.41. The molecule has 0 amide bonds. The molecule has 9 atom stereocenters. The van der Waals surface area contributed by atoms with Gasteiger partial charge in [0.2, 0.25) is 0 Å². The minimum absolute atomic E-state index is 0.666. The highest BCUT2D eigenvalue weighted by atomic mass is 14.6. The summed E-state index contributed by atoms with van der Waals surface area (Å²) in [7, 11) is 0. The normalized spacial score (nSPS) is 47.9. The summed E-state index contributed by atoms with van der Waals surface area (Å²) in [5.41, 5.74) is 1.37. The fourth-order valence-corrected chi connectivity index (χ4v) is 9.33. The molecule has 0 saturated heterocycles. The summed E-state index contributed by atoms with van der Waals surface area (Å²) in [6.45, 7) is 15.4. The smallest absolute Gasteiger partial charge is 0.0264 e. The third-order valence-corrected chi connectivity index (χ3v) is 11.6. The average molecular weight is 387 g/mol. The van der Waals surface area contributed by atoms with Gasteiger partial charge < -0.3 is 0 Å². The van der Waals surface area contributed by atoms with Crippen LogP contribution in [-0.2, 0) is 0 Å². The van der Waals surface area contributed by atoms with Crippen LogP contribution in [0.5, 0.6) is 0 Å². The van der Waals surface area contributed by atoms with E-state index in [0.717, 1.165) is 47.3 Å². The molecular formula is C28H50. The van der Waals surface area contributed by atoms with Crippen LogP contribution >= 0.6 is 0 Å². The fourth-order valence-electron chi connectivity index (χ4n) is 9.33. The van der Waals surface area contributed by atoms with Crippen LogP contribution in [0.4, 0.5) is 0 Å². The first-order valence-corrected chi connectivity index (χ1v) is 13.3.